The van der Waals surface area contributed by atoms with Gasteiger partial charge < -0.3 is 4.57 Å². The van der Waals surface area contributed by atoms with Crippen LogP contribution in [0.2, 0.25) is 0 Å². The van der Waals surface area contributed by atoms with Crippen LogP contribution in [0.25, 0.3) is 0 Å². The quantitative estimate of drug-likeness (QED) is 0.338. The molecule has 4 heteroatoms. The zero-order chi connectivity index (χ0) is 3.41. The van der Waals surface area contributed by atoms with Gasteiger partial charge in [0.1, 0.15) is 0 Å². The predicted molar refractivity (Wildman–Crippen MR) is 18.3 cm³/mol. The molecule has 0 aromatic rings. The van der Waals surface area contributed by atoms with Crippen molar-refractivity contribution in [1.82, 2.24) is 0 Å². The number of hydrogen-bond donors (Lipinski definition) is 0. The van der Waals surface area contributed by atoms with Crippen LogP contribution in [-0.2, 0) is 4.57 Å². The Hall–Kier alpha value is 0.155. The summed E-state index contributed by atoms with van der Waals surface area (Å²) in [5.74, 6) is 0. The van der Waals surface area contributed by atoms with E-state index in [1.165, 1.54) is 0 Å². The first-order chi connectivity index (χ1) is 1.91. The third-order valence-corrected chi connectivity index (χ3v) is 0.0786. The highest BCUT2D eigenvalue weighted by Crippen LogP contribution is 1.36. The smallest absolute Gasteiger partial charge is 0.257 e. The molecule has 0 fully saturated rings. The van der Waals surface area contributed by atoms with Gasteiger partial charge in [0, 0.05) is 0 Å². The summed E-state index contributed by atoms with van der Waals surface area (Å²) in [4.78, 5) is 0. The van der Waals surface area contributed by atoms with Crippen molar-refractivity contribution in [2.75, 3.05) is 0 Å². The number of hydrogen-bond acceptors (Lipinski definition) is 1. The van der Waals surface area contributed by atoms with Gasteiger partial charge in [-0.15, -0.1) is 0 Å². The molecule has 0 rings (SSSR count). The van der Waals surface area contributed by atoms with E-state index < -0.39 is 0 Å². The molecule has 0 heterocycles. The van der Waals surface area contributed by atoms with Crippen LogP contribution >= 0.6 is 0 Å². The average Bonchev–Trinajstić information content (AvgIpc) is 1.37. The van der Waals surface area contributed by atoms with Crippen molar-refractivity contribution in [2.45, 2.75) is 0 Å². The van der Waals surface area contributed by atoms with Crippen molar-refractivity contribution >= 4 is 23.2 Å². The maximum Gasteiger partial charge on any atom is 0.257 e. The fourth-order valence-corrected chi connectivity index (χ4v) is 0. The molecule has 0 aromatic heterocycles. The zero-order valence-corrected chi connectivity index (χ0v) is 2.14. The maximum atomic E-state index is 4.56. The summed E-state index contributed by atoms with van der Waals surface area (Å²) in [6.07, 6.45) is 0. The van der Waals surface area contributed by atoms with Gasteiger partial charge in [0.15, 0.2) is 0 Å². The summed E-state index contributed by atoms with van der Waals surface area (Å²) < 4.78 is 3.69. The van der Waals surface area contributed by atoms with Gasteiger partial charge in [-0.3, -0.25) is 0 Å². The van der Waals surface area contributed by atoms with Crippen LogP contribution in [0, 0.1) is 0 Å². The highest BCUT2D eigenvalue weighted by atomic mass is 16.4. The molecule has 0 atom stereocenters. The fourth-order valence-electron chi connectivity index (χ4n) is 0. The molecule has 0 saturated heterocycles. The first-order valence-electron chi connectivity index (χ1n) is 0.805. The second-order valence-electron chi connectivity index (χ2n) is 0.272. The molecule has 0 amide bonds. The Morgan fingerprint density at radius 2 is 2.00 bits per heavy atom. The zero-order valence-electron chi connectivity index (χ0n) is 2.14. The monoisotopic (exact) mass is 49.0 g/mol. The van der Waals surface area contributed by atoms with Crippen molar-refractivity contribution < 1.29 is 4.57 Å². The summed E-state index contributed by atoms with van der Waals surface area (Å²) in [7, 11) is 9.81. The predicted octanol–water partition coefficient (Wildman–Crippen LogP) is -1.21. The van der Waals surface area contributed by atoms with Gasteiger partial charge in [0.05, 0.1) is 7.74 Å². The molecule has 15 valence electrons. The molecule has 0 unspecified atom stereocenters. The van der Waals surface area contributed by atoms with Gasteiger partial charge in [-0.05, 0) is 0 Å². The second kappa shape index (κ2) is 3.15. The van der Waals surface area contributed by atoms with Crippen molar-refractivity contribution in [1.29, 1.82) is 0 Å². The minimum absolute atomic E-state index is 0.903. The van der Waals surface area contributed by atoms with Crippen LogP contribution in [-0.4, -0.2) is 23.2 Å². The second-order valence-corrected chi connectivity index (χ2v) is 0.272. The Kier molecular flexibility index (Phi) is 3.28. The van der Waals surface area contributed by atoms with Crippen molar-refractivity contribution in [2.24, 2.45) is 0 Å². The summed E-state index contributed by atoms with van der Waals surface area (Å²) in [5, 5.41) is 0. The Morgan fingerprint density at radius 1 is 1.75 bits per heavy atom. The molecule has 5 radical (unpaired) electrons. The lowest BCUT2D eigenvalue weighted by molar-refractivity contribution is 0.683. The summed E-state index contributed by atoms with van der Waals surface area (Å²) in [5.41, 5.74) is 0. The Morgan fingerprint density at radius 3 is 2.00 bits per heavy atom. The molecular formula is B3O. The van der Waals surface area contributed by atoms with Gasteiger partial charge in [-0.1, -0.05) is 0 Å². The molecule has 4 heavy (non-hydrogen) atoms. The third-order valence-electron chi connectivity index (χ3n) is 0.0786. The topological polar surface area (TPSA) is 9.23 Å². The van der Waals surface area contributed by atoms with E-state index in [0.717, 1.165) is 7.37 Å². The van der Waals surface area contributed by atoms with Gasteiger partial charge in [0.25, 0.3) is 8.05 Å². The Balaban J connectivity index is 1.97. The van der Waals surface area contributed by atoms with E-state index >= 15 is 0 Å². The van der Waals surface area contributed by atoms with Crippen LogP contribution in [0.3, 0.4) is 0 Å². The molecule has 0 saturated carbocycles. The molecule has 0 aliphatic rings. The van der Waals surface area contributed by atoms with E-state index in [-0.39, 0.29) is 0 Å². The molecule has 0 aliphatic carbocycles. The van der Waals surface area contributed by atoms with E-state index in [0.29, 0.717) is 0 Å². The van der Waals surface area contributed by atoms with Gasteiger partial charge in [-0.2, -0.15) is 0 Å². The molecule has 0 aromatic carbocycles. The van der Waals surface area contributed by atoms with E-state index in [2.05, 4.69) is 20.4 Å². The molecule has 0 spiro atoms. The van der Waals surface area contributed by atoms with Crippen LogP contribution in [0.15, 0.2) is 0 Å². The van der Waals surface area contributed by atoms with Crippen LogP contribution in [0.4, 0.5) is 0 Å². The highest BCUT2D eigenvalue weighted by molar-refractivity contribution is 6.86. The van der Waals surface area contributed by atoms with Gasteiger partial charge in [0.2, 0.25) is 7.37 Å². The van der Waals surface area contributed by atoms with Crippen LogP contribution in [0.5, 0.6) is 0 Å². The molecule has 0 aliphatic heterocycles. The first-order valence-corrected chi connectivity index (χ1v) is 0.805. The van der Waals surface area contributed by atoms with E-state index in [4.69, 9.17) is 0 Å². The molecular weight excluding hydrogens is 48.4 g/mol. The van der Waals surface area contributed by atoms with Crippen LogP contribution < -0.4 is 0 Å². The van der Waals surface area contributed by atoms with E-state index in [9.17, 15) is 0 Å². The lowest BCUT2D eigenvalue weighted by Crippen LogP contribution is -1.90. The normalized spacial score (nSPS) is 6.00. The average molecular weight is 48.4 g/mol. The fraction of sp³-hybridized carbons (Fsp3) is 0. The van der Waals surface area contributed by atoms with Crippen LogP contribution in [0.1, 0.15) is 0 Å². The maximum absolute atomic E-state index is 4.56. The minimum Gasteiger partial charge on any atom is -0.517 e. The number of rotatable bonds is 1. The molecule has 0 bridgehead atoms. The third kappa shape index (κ3) is 2.15. The van der Waals surface area contributed by atoms with E-state index in [1.54, 1.807) is 0 Å². The van der Waals surface area contributed by atoms with Gasteiger partial charge in [-0.25, -0.2) is 0 Å². The largest absolute Gasteiger partial charge is 0.517 e. The Labute approximate surface area is 28.8 Å². The van der Waals surface area contributed by atoms with E-state index in [1.807, 2.05) is 0 Å². The van der Waals surface area contributed by atoms with Crippen molar-refractivity contribution in [3.63, 3.8) is 0 Å². The Bertz CT molecular complexity index is 5.25. The van der Waals surface area contributed by atoms with Gasteiger partial charge >= 0.3 is 0 Å². The lowest BCUT2D eigenvalue weighted by Gasteiger charge is -1.74. The summed E-state index contributed by atoms with van der Waals surface area (Å²) in [6, 6.07) is 0. The van der Waals surface area contributed by atoms with Crippen molar-refractivity contribution in [3.05, 3.63) is 0 Å². The molecule has 1 nitrogen and oxygen atoms in total. The highest BCUT2D eigenvalue weighted by Gasteiger charge is 1.59. The molecule has 0 N–H and O–H groups in total. The van der Waals surface area contributed by atoms with Crippen molar-refractivity contribution in [3.8, 4) is 0 Å². The first kappa shape index (κ1) is 4.15. The lowest BCUT2D eigenvalue weighted by atomic mass is 9.71. The summed E-state index contributed by atoms with van der Waals surface area (Å²) >= 11 is 0. The minimum atomic E-state index is 0.903. The summed E-state index contributed by atoms with van der Waals surface area (Å²) in [6.45, 7) is 0. The standard InChI is InChI=1S/B3O/c1-3-4-2. The SMILES string of the molecule is [B][B]O[B].